The number of nitrogens with one attached hydrogen (secondary N) is 2. The lowest BCUT2D eigenvalue weighted by atomic mass is 10.2. The molecule has 5 heteroatoms. The fraction of sp³-hybridized carbons (Fsp3) is 0.500. The number of methoxy groups -OCH3 is 1. The molecule has 1 aromatic rings. The van der Waals surface area contributed by atoms with Crippen molar-refractivity contribution in [3.63, 3.8) is 0 Å². The predicted molar refractivity (Wildman–Crippen MR) is 76.1 cm³/mol. The van der Waals surface area contributed by atoms with E-state index in [1.54, 1.807) is 13.1 Å². The number of guanidine groups is 1. The fourth-order valence-corrected chi connectivity index (χ4v) is 1.61. The summed E-state index contributed by atoms with van der Waals surface area (Å²) in [5.41, 5.74) is 0.844. The van der Waals surface area contributed by atoms with Crippen LogP contribution in [0.2, 0.25) is 0 Å². The van der Waals surface area contributed by atoms with Gasteiger partial charge in [0.05, 0.1) is 7.11 Å². The zero-order valence-corrected chi connectivity index (χ0v) is 11.8. The van der Waals surface area contributed by atoms with E-state index in [4.69, 9.17) is 4.74 Å². The van der Waals surface area contributed by atoms with E-state index in [2.05, 4.69) is 22.5 Å². The Bertz CT molecular complexity index is 421. The van der Waals surface area contributed by atoms with Crippen molar-refractivity contribution < 1.29 is 9.13 Å². The van der Waals surface area contributed by atoms with Gasteiger partial charge in [0, 0.05) is 20.1 Å². The van der Waals surface area contributed by atoms with Gasteiger partial charge in [0.2, 0.25) is 0 Å². The van der Waals surface area contributed by atoms with E-state index in [1.165, 1.54) is 13.2 Å². The number of nitrogens with zero attached hydrogens (tertiary/aromatic N) is 1. The number of halogens is 1. The van der Waals surface area contributed by atoms with Crippen molar-refractivity contribution in [2.75, 3.05) is 20.7 Å². The molecule has 0 saturated heterocycles. The third kappa shape index (κ3) is 5.16. The van der Waals surface area contributed by atoms with E-state index in [-0.39, 0.29) is 11.6 Å². The Balaban J connectivity index is 2.48. The highest BCUT2D eigenvalue weighted by Gasteiger charge is 2.04. The average molecular weight is 267 g/mol. The van der Waals surface area contributed by atoms with Gasteiger partial charge in [-0.25, -0.2) is 4.39 Å². The number of unbranched alkanes of at least 4 members (excludes halogenated alkanes) is 1. The second-order valence-electron chi connectivity index (χ2n) is 4.17. The van der Waals surface area contributed by atoms with Gasteiger partial charge in [-0.05, 0) is 24.1 Å². The van der Waals surface area contributed by atoms with Crippen LogP contribution in [0.25, 0.3) is 0 Å². The Kier molecular flexibility index (Phi) is 6.71. The topological polar surface area (TPSA) is 45.7 Å². The maximum Gasteiger partial charge on any atom is 0.191 e. The molecule has 0 aliphatic heterocycles. The van der Waals surface area contributed by atoms with Gasteiger partial charge < -0.3 is 15.4 Å². The minimum Gasteiger partial charge on any atom is -0.494 e. The van der Waals surface area contributed by atoms with E-state index in [0.717, 1.165) is 30.9 Å². The lowest BCUT2D eigenvalue weighted by Crippen LogP contribution is -2.37. The smallest absolute Gasteiger partial charge is 0.191 e. The number of hydrogen-bond acceptors (Lipinski definition) is 2. The average Bonchev–Trinajstić information content (AvgIpc) is 2.43. The normalized spacial score (nSPS) is 11.3. The first-order valence-electron chi connectivity index (χ1n) is 6.48. The van der Waals surface area contributed by atoms with Gasteiger partial charge in [0.25, 0.3) is 0 Å². The molecule has 19 heavy (non-hydrogen) atoms. The van der Waals surface area contributed by atoms with Crippen molar-refractivity contribution in [3.05, 3.63) is 29.6 Å². The molecule has 0 spiro atoms. The van der Waals surface area contributed by atoms with Gasteiger partial charge in [0.15, 0.2) is 17.5 Å². The van der Waals surface area contributed by atoms with Gasteiger partial charge in [-0.2, -0.15) is 0 Å². The lowest BCUT2D eigenvalue weighted by molar-refractivity contribution is 0.386. The molecule has 0 aromatic heterocycles. The molecular weight excluding hydrogens is 245 g/mol. The Morgan fingerprint density at radius 1 is 1.37 bits per heavy atom. The first-order chi connectivity index (χ1) is 9.21. The summed E-state index contributed by atoms with van der Waals surface area (Å²) in [6.45, 7) is 3.54. The summed E-state index contributed by atoms with van der Waals surface area (Å²) in [5, 5.41) is 6.34. The monoisotopic (exact) mass is 267 g/mol. The highest BCUT2D eigenvalue weighted by atomic mass is 19.1. The second-order valence-corrected chi connectivity index (χ2v) is 4.17. The Morgan fingerprint density at radius 3 is 2.74 bits per heavy atom. The first-order valence-corrected chi connectivity index (χ1v) is 6.48. The van der Waals surface area contributed by atoms with Gasteiger partial charge in [-0.1, -0.05) is 19.4 Å². The summed E-state index contributed by atoms with van der Waals surface area (Å²) < 4.78 is 18.4. The lowest BCUT2D eigenvalue weighted by Gasteiger charge is -2.12. The van der Waals surface area contributed by atoms with E-state index in [9.17, 15) is 4.39 Å². The van der Waals surface area contributed by atoms with Gasteiger partial charge in [-0.3, -0.25) is 4.99 Å². The van der Waals surface area contributed by atoms with Crippen LogP contribution in [0.15, 0.2) is 23.2 Å². The largest absolute Gasteiger partial charge is 0.494 e. The standard InChI is InChI=1S/C14H22FN3O/c1-4-5-8-17-14(16-2)18-10-11-6-7-13(19-3)12(15)9-11/h6-7,9H,4-5,8,10H2,1-3H3,(H2,16,17,18). The van der Waals surface area contributed by atoms with E-state index < -0.39 is 0 Å². The second kappa shape index (κ2) is 8.34. The van der Waals surface area contributed by atoms with Crippen LogP contribution in [0.4, 0.5) is 4.39 Å². The number of aliphatic imine (C=N–C) groups is 1. The van der Waals surface area contributed by atoms with Crippen molar-refractivity contribution >= 4 is 5.96 Å². The van der Waals surface area contributed by atoms with Gasteiger partial charge >= 0.3 is 0 Å². The molecule has 0 unspecified atom stereocenters. The maximum absolute atomic E-state index is 13.5. The zero-order valence-electron chi connectivity index (χ0n) is 11.8. The molecule has 0 radical (unpaired) electrons. The molecular formula is C14H22FN3O. The molecule has 4 nitrogen and oxygen atoms in total. The fourth-order valence-electron chi connectivity index (χ4n) is 1.61. The quantitative estimate of drug-likeness (QED) is 0.472. The van der Waals surface area contributed by atoms with Crippen LogP contribution in [0.1, 0.15) is 25.3 Å². The van der Waals surface area contributed by atoms with E-state index in [0.29, 0.717) is 6.54 Å². The van der Waals surface area contributed by atoms with Gasteiger partial charge in [-0.15, -0.1) is 0 Å². The Morgan fingerprint density at radius 2 is 2.16 bits per heavy atom. The van der Waals surface area contributed by atoms with Crippen LogP contribution in [0, 0.1) is 5.82 Å². The molecule has 1 rings (SSSR count). The zero-order chi connectivity index (χ0) is 14.1. The van der Waals surface area contributed by atoms with E-state index >= 15 is 0 Å². The summed E-state index contributed by atoms with van der Waals surface area (Å²) in [4.78, 5) is 4.11. The third-order valence-electron chi connectivity index (χ3n) is 2.72. The number of ether oxygens (including phenoxy) is 1. The number of benzene rings is 1. The van der Waals surface area contributed by atoms with Crippen LogP contribution >= 0.6 is 0 Å². The van der Waals surface area contributed by atoms with E-state index in [1.807, 2.05) is 6.07 Å². The Hall–Kier alpha value is -1.78. The molecule has 2 N–H and O–H groups in total. The van der Waals surface area contributed by atoms with Crippen LogP contribution in [0.3, 0.4) is 0 Å². The predicted octanol–water partition coefficient (Wildman–Crippen LogP) is 2.30. The van der Waals surface area contributed by atoms with Crippen molar-refractivity contribution in [1.82, 2.24) is 10.6 Å². The summed E-state index contributed by atoms with van der Waals surface area (Å²) in [6.07, 6.45) is 2.23. The highest BCUT2D eigenvalue weighted by molar-refractivity contribution is 5.79. The van der Waals surface area contributed by atoms with Gasteiger partial charge in [0.1, 0.15) is 0 Å². The number of hydrogen-bond donors (Lipinski definition) is 2. The molecule has 0 amide bonds. The summed E-state index contributed by atoms with van der Waals surface area (Å²) >= 11 is 0. The molecule has 0 fully saturated rings. The minimum atomic E-state index is -0.351. The molecule has 0 aliphatic carbocycles. The molecule has 0 heterocycles. The third-order valence-corrected chi connectivity index (χ3v) is 2.72. The van der Waals surface area contributed by atoms with Crippen molar-refractivity contribution in [1.29, 1.82) is 0 Å². The number of rotatable bonds is 6. The molecule has 1 aromatic carbocycles. The first kappa shape index (κ1) is 15.3. The highest BCUT2D eigenvalue weighted by Crippen LogP contribution is 2.17. The molecule has 0 saturated carbocycles. The SMILES string of the molecule is CCCCNC(=NC)NCc1ccc(OC)c(F)c1. The summed E-state index contributed by atoms with van der Waals surface area (Å²) in [7, 11) is 3.17. The Labute approximate surface area is 114 Å². The summed E-state index contributed by atoms with van der Waals surface area (Å²) in [5.74, 6) is 0.634. The molecule has 0 atom stereocenters. The molecule has 106 valence electrons. The van der Waals surface area contributed by atoms with Crippen LogP contribution in [-0.2, 0) is 6.54 Å². The van der Waals surface area contributed by atoms with Crippen molar-refractivity contribution in [3.8, 4) is 5.75 Å². The van der Waals surface area contributed by atoms with Crippen LogP contribution in [-0.4, -0.2) is 26.7 Å². The van der Waals surface area contributed by atoms with Crippen molar-refractivity contribution in [2.45, 2.75) is 26.3 Å². The molecule has 0 bridgehead atoms. The van der Waals surface area contributed by atoms with Crippen molar-refractivity contribution in [2.24, 2.45) is 4.99 Å². The minimum absolute atomic E-state index is 0.259. The maximum atomic E-state index is 13.5. The molecule has 0 aliphatic rings. The summed E-state index contributed by atoms with van der Waals surface area (Å²) in [6, 6.07) is 4.92. The van der Waals surface area contributed by atoms with Crippen LogP contribution in [0.5, 0.6) is 5.75 Å². The van der Waals surface area contributed by atoms with Crippen LogP contribution < -0.4 is 15.4 Å².